The van der Waals surface area contributed by atoms with Crippen LogP contribution in [0.25, 0.3) is 0 Å². The quantitative estimate of drug-likeness (QED) is 0.591. The van der Waals surface area contributed by atoms with E-state index in [1.165, 1.54) is 0 Å². The molecule has 1 atom stereocenters. The molecule has 6 heteroatoms. The molecule has 0 N–H and O–H groups in total. The number of hydrogen-bond acceptors (Lipinski definition) is 4. The second-order valence-corrected chi connectivity index (χ2v) is 13.4. The number of pyridine rings is 1. The van der Waals surface area contributed by atoms with E-state index >= 15 is 0 Å². The molecule has 1 amide bonds. The van der Waals surface area contributed by atoms with Crippen LogP contribution in [0.3, 0.4) is 0 Å². The van der Waals surface area contributed by atoms with E-state index in [9.17, 15) is 4.79 Å². The van der Waals surface area contributed by atoms with Gasteiger partial charge in [-0.2, -0.15) is 0 Å². The highest BCUT2D eigenvalue weighted by Crippen LogP contribution is 2.23. The van der Waals surface area contributed by atoms with Gasteiger partial charge in [0.25, 0.3) is 0 Å². The van der Waals surface area contributed by atoms with Crippen LogP contribution in [0.4, 0.5) is 4.79 Å². The highest BCUT2D eigenvalue weighted by molar-refractivity contribution is 6.83. The summed E-state index contributed by atoms with van der Waals surface area (Å²) >= 11 is 0. The van der Waals surface area contributed by atoms with E-state index in [2.05, 4.69) is 36.1 Å². The van der Waals surface area contributed by atoms with Crippen LogP contribution in [0.1, 0.15) is 39.2 Å². The molecule has 1 aromatic rings. The summed E-state index contributed by atoms with van der Waals surface area (Å²) in [6.45, 7) is 13.4. The fourth-order valence-electron chi connectivity index (χ4n) is 2.61. The van der Waals surface area contributed by atoms with E-state index in [4.69, 9.17) is 9.47 Å². The normalized spacial score (nSPS) is 17.5. The van der Waals surface area contributed by atoms with E-state index in [0.29, 0.717) is 18.9 Å². The SMILES string of the molecule is CC(C)(C)OC(=O)N1CCC[C@H]1COc1cnccc1C#C[Si](C)(C)C. The highest BCUT2D eigenvalue weighted by atomic mass is 28.3. The Labute approximate surface area is 158 Å². The summed E-state index contributed by atoms with van der Waals surface area (Å²) in [4.78, 5) is 18.3. The Bertz CT molecular complexity index is 695. The van der Waals surface area contributed by atoms with Crippen LogP contribution in [0.5, 0.6) is 5.75 Å². The first kappa shape index (κ1) is 20.3. The van der Waals surface area contributed by atoms with E-state index < -0.39 is 13.7 Å². The molecule has 1 aliphatic rings. The van der Waals surface area contributed by atoms with Gasteiger partial charge >= 0.3 is 6.09 Å². The molecule has 0 saturated carbocycles. The number of amides is 1. The Morgan fingerprint density at radius 3 is 2.77 bits per heavy atom. The van der Waals surface area contributed by atoms with Gasteiger partial charge in [0, 0.05) is 12.7 Å². The van der Waals surface area contributed by atoms with Gasteiger partial charge in [0.15, 0.2) is 5.75 Å². The number of likely N-dealkylation sites (tertiary alicyclic amines) is 1. The van der Waals surface area contributed by atoms with Crippen LogP contribution in [-0.4, -0.2) is 48.8 Å². The minimum Gasteiger partial charge on any atom is -0.489 e. The molecule has 0 unspecified atom stereocenters. The van der Waals surface area contributed by atoms with E-state index in [-0.39, 0.29) is 12.1 Å². The van der Waals surface area contributed by atoms with E-state index in [0.717, 1.165) is 18.4 Å². The summed E-state index contributed by atoms with van der Waals surface area (Å²) in [5.74, 6) is 3.91. The average molecular weight is 375 g/mol. The van der Waals surface area contributed by atoms with Gasteiger partial charge in [-0.25, -0.2) is 4.79 Å². The van der Waals surface area contributed by atoms with Gasteiger partial charge in [0.2, 0.25) is 0 Å². The molecule has 26 heavy (non-hydrogen) atoms. The number of ether oxygens (including phenoxy) is 2. The van der Waals surface area contributed by atoms with Crippen LogP contribution in [0.2, 0.25) is 19.6 Å². The van der Waals surface area contributed by atoms with Gasteiger partial charge in [-0.15, -0.1) is 5.54 Å². The number of hydrogen-bond donors (Lipinski definition) is 0. The monoisotopic (exact) mass is 374 g/mol. The predicted octanol–water partition coefficient (Wildman–Crippen LogP) is 4.09. The Morgan fingerprint density at radius 2 is 2.12 bits per heavy atom. The lowest BCUT2D eigenvalue weighted by Gasteiger charge is -2.28. The standard InChI is InChI=1S/C20H30N2O3Si/c1-20(2,3)25-19(23)22-12-7-8-17(22)15-24-18-14-21-11-9-16(18)10-13-26(4,5)6/h9,11,14,17H,7-8,12,15H2,1-6H3/t17-/m0/s1. The summed E-state index contributed by atoms with van der Waals surface area (Å²) in [5.41, 5.74) is 3.71. The van der Waals surface area contributed by atoms with Crippen molar-refractivity contribution in [3.05, 3.63) is 24.0 Å². The predicted molar refractivity (Wildman–Crippen MR) is 106 cm³/mol. The molecule has 1 saturated heterocycles. The van der Waals surface area contributed by atoms with Crippen LogP contribution in [0, 0.1) is 11.5 Å². The van der Waals surface area contributed by atoms with Crippen molar-refractivity contribution in [2.24, 2.45) is 0 Å². The molecular formula is C20H30N2O3Si. The van der Waals surface area contributed by atoms with Gasteiger partial charge in [0.1, 0.15) is 20.3 Å². The molecule has 0 radical (unpaired) electrons. The van der Waals surface area contributed by atoms with Crippen molar-refractivity contribution in [1.82, 2.24) is 9.88 Å². The zero-order valence-corrected chi connectivity index (χ0v) is 17.8. The summed E-state index contributed by atoms with van der Waals surface area (Å²) in [6, 6.07) is 1.89. The minimum atomic E-state index is -1.47. The van der Waals surface area contributed by atoms with Crippen LogP contribution < -0.4 is 4.74 Å². The smallest absolute Gasteiger partial charge is 0.410 e. The number of aromatic nitrogens is 1. The largest absolute Gasteiger partial charge is 0.489 e. The highest BCUT2D eigenvalue weighted by Gasteiger charge is 2.32. The first-order valence-corrected chi connectivity index (χ1v) is 12.6. The Morgan fingerprint density at radius 1 is 1.38 bits per heavy atom. The minimum absolute atomic E-state index is 0.0165. The van der Waals surface area contributed by atoms with Gasteiger partial charge in [-0.05, 0) is 39.7 Å². The molecule has 2 heterocycles. The fraction of sp³-hybridized carbons (Fsp3) is 0.600. The van der Waals surface area contributed by atoms with Crippen LogP contribution in [-0.2, 0) is 4.74 Å². The first-order chi connectivity index (χ1) is 12.1. The third kappa shape index (κ3) is 6.38. The lowest BCUT2D eigenvalue weighted by atomic mass is 10.2. The zero-order valence-electron chi connectivity index (χ0n) is 16.8. The lowest BCUT2D eigenvalue weighted by Crippen LogP contribution is -2.42. The number of carbonyl (C=O) groups excluding carboxylic acids is 1. The summed E-state index contributed by atoms with van der Waals surface area (Å²) in [5, 5.41) is 0. The molecular weight excluding hydrogens is 344 g/mol. The van der Waals surface area contributed by atoms with Crippen LogP contribution in [0.15, 0.2) is 18.5 Å². The van der Waals surface area contributed by atoms with Gasteiger partial charge in [0.05, 0.1) is 17.8 Å². The van der Waals surface area contributed by atoms with Crippen molar-refractivity contribution in [3.8, 4) is 17.2 Å². The average Bonchev–Trinajstić information content (AvgIpc) is 2.98. The maximum Gasteiger partial charge on any atom is 0.410 e. The molecule has 0 aliphatic carbocycles. The molecule has 1 aliphatic heterocycles. The molecule has 2 rings (SSSR count). The second-order valence-electron chi connectivity index (χ2n) is 8.65. The van der Waals surface area contributed by atoms with Crippen molar-refractivity contribution >= 4 is 14.2 Å². The van der Waals surface area contributed by atoms with Gasteiger partial charge in [-0.3, -0.25) is 4.98 Å². The maximum absolute atomic E-state index is 12.4. The Kier molecular flexibility index (Phi) is 6.35. The second kappa shape index (κ2) is 8.13. The van der Waals surface area contributed by atoms with Gasteiger partial charge in [-0.1, -0.05) is 25.6 Å². The zero-order chi connectivity index (χ0) is 19.4. The van der Waals surface area contributed by atoms with Crippen molar-refractivity contribution in [2.45, 2.75) is 64.9 Å². The molecule has 0 bridgehead atoms. The third-order valence-corrected chi connectivity index (χ3v) is 4.67. The number of nitrogens with zero attached hydrogens (tertiary/aromatic N) is 2. The summed E-state index contributed by atoms with van der Waals surface area (Å²) in [6.07, 6.45) is 5.02. The maximum atomic E-state index is 12.4. The molecule has 1 fully saturated rings. The topological polar surface area (TPSA) is 51.7 Å². The third-order valence-electron chi connectivity index (χ3n) is 3.79. The lowest BCUT2D eigenvalue weighted by molar-refractivity contribution is 0.0187. The van der Waals surface area contributed by atoms with Crippen molar-refractivity contribution in [3.63, 3.8) is 0 Å². The first-order valence-electron chi connectivity index (χ1n) is 9.15. The molecule has 5 nitrogen and oxygen atoms in total. The molecule has 142 valence electrons. The summed E-state index contributed by atoms with van der Waals surface area (Å²) in [7, 11) is -1.47. The molecule has 0 spiro atoms. The number of carbonyl (C=O) groups is 1. The van der Waals surface area contributed by atoms with E-state index in [1.807, 2.05) is 26.8 Å². The van der Waals surface area contributed by atoms with Gasteiger partial charge < -0.3 is 14.4 Å². The number of rotatable bonds is 3. The van der Waals surface area contributed by atoms with Crippen molar-refractivity contribution < 1.29 is 14.3 Å². The Balaban J connectivity index is 2.04. The van der Waals surface area contributed by atoms with Crippen molar-refractivity contribution in [2.75, 3.05) is 13.2 Å². The Hall–Kier alpha value is -2.00. The molecule has 1 aromatic heterocycles. The summed E-state index contributed by atoms with van der Waals surface area (Å²) < 4.78 is 11.5. The molecule has 0 aromatic carbocycles. The van der Waals surface area contributed by atoms with E-state index in [1.54, 1.807) is 17.3 Å². The fourth-order valence-corrected chi connectivity index (χ4v) is 3.12. The van der Waals surface area contributed by atoms with Crippen LogP contribution >= 0.6 is 0 Å². The van der Waals surface area contributed by atoms with Crippen molar-refractivity contribution in [1.29, 1.82) is 0 Å².